The minimum Gasteiger partial charge on any atom is -0.310 e. The van der Waals surface area contributed by atoms with Gasteiger partial charge in [0.1, 0.15) is 0 Å². The zero-order valence-corrected chi connectivity index (χ0v) is 9.73. The van der Waals surface area contributed by atoms with Crippen LogP contribution in [0.3, 0.4) is 0 Å². The van der Waals surface area contributed by atoms with Crippen LogP contribution >= 0.6 is 0 Å². The summed E-state index contributed by atoms with van der Waals surface area (Å²) in [6.07, 6.45) is 1.38. The highest BCUT2D eigenvalue weighted by Gasteiger charge is 2.21. The second-order valence-corrected chi connectivity index (χ2v) is 4.06. The van der Waals surface area contributed by atoms with Crippen molar-refractivity contribution in [2.45, 2.75) is 26.7 Å². The van der Waals surface area contributed by atoms with Crippen molar-refractivity contribution in [3.8, 4) is 0 Å². The number of aliphatic imine (C=N–C) groups is 1. The Hall–Kier alpha value is -1.64. The summed E-state index contributed by atoms with van der Waals surface area (Å²) >= 11 is 0. The van der Waals surface area contributed by atoms with Gasteiger partial charge in [-0.1, -0.05) is 19.1 Å². The summed E-state index contributed by atoms with van der Waals surface area (Å²) in [6, 6.07) is 7.82. The first kappa shape index (κ1) is 10.9. The van der Waals surface area contributed by atoms with Crippen LogP contribution < -0.4 is 4.90 Å². The Bertz CT molecular complexity index is 437. The van der Waals surface area contributed by atoms with Gasteiger partial charge < -0.3 is 4.90 Å². The molecule has 1 aliphatic heterocycles. The van der Waals surface area contributed by atoms with Crippen LogP contribution in [0.2, 0.25) is 0 Å². The second-order valence-electron chi connectivity index (χ2n) is 4.06. The van der Waals surface area contributed by atoms with E-state index in [0.717, 1.165) is 30.1 Å². The van der Waals surface area contributed by atoms with Gasteiger partial charge in [0.2, 0.25) is 5.91 Å². The largest absolute Gasteiger partial charge is 0.310 e. The molecule has 1 amide bonds. The molecule has 0 atom stereocenters. The number of fused-ring (bicyclic) bond motifs is 1. The quantitative estimate of drug-likeness (QED) is 0.748. The smallest absolute Gasteiger partial charge is 0.232 e. The number of nitrogens with zero attached hydrogens (tertiary/aromatic N) is 2. The number of hydrogen-bond acceptors (Lipinski definition) is 2. The molecule has 3 heteroatoms. The molecular formula is C13H16N2O. The van der Waals surface area contributed by atoms with E-state index in [-0.39, 0.29) is 5.91 Å². The lowest BCUT2D eigenvalue weighted by Crippen LogP contribution is -2.31. The van der Waals surface area contributed by atoms with Crippen LogP contribution in [0.15, 0.2) is 29.3 Å². The molecule has 1 heterocycles. The lowest BCUT2D eigenvalue weighted by atomic mass is 10.2. The van der Waals surface area contributed by atoms with E-state index in [2.05, 4.69) is 11.9 Å². The molecule has 0 saturated carbocycles. The zero-order valence-electron chi connectivity index (χ0n) is 9.73. The Labute approximate surface area is 95.8 Å². The first-order chi connectivity index (χ1) is 7.72. The van der Waals surface area contributed by atoms with Crippen molar-refractivity contribution >= 4 is 23.0 Å². The molecule has 84 valence electrons. The van der Waals surface area contributed by atoms with E-state index in [0.29, 0.717) is 6.42 Å². The first-order valence-corrected chi connectivity index (χ1v) is 5.66. The summed E-state index contributed by atoms with van der Waals surface area (Å²) in [5, 5.41) is 0. The van der Waals surface area contributed by atoms with Crippen molar-refractivity contribution in [1.82, 2.24) is 0 Å². The maximum absolute atomic E-state index is 12.0. The lowest BCUT2D eigenvalue weighted by Gasteiger charge is -2.21. The normalized spacial score (nSPS) is 15.5. The molecule has 0 N–H and O–H groups in total. The van der Waals surface area contributed by atoms with Crippen LogP contribution in [0.5, 0.6) is 0 Å². The molecule has 1 aliphatic rings. The standard InChI is InChI=1S/C13H16N2O/c1-3-8-15-12-7-5-4-6-11(12)14-10(2)9-13(15)16/h4-7H,3,8-9H2,1-2H3. The number of anilines is 1. The number of rotatable bonds is 2. The predicted octanol–water partition coefficient (Wildman–Crippen LogP) is 2.93. The van der Waals surface area contributed by atoms with Gasteiger partial charge in [-0.2, -0.15) is 0 Å². The third kappa shape index (κ3) is 1.98. The number of amides is 1. The average molecular weight is 216 g/mol. The molecular weight excluding hydrogens is 200 g/mol. The van der Waals surface area contributed by atoms with Crippen molar-refractivity contribution in [3.63, 3.8) is 0 Å². The van der Waals surface area contributed by atoms with E-state index in [4.69, 9.17) is 0 Å². The van der Waals surface area contributed by atoms with E-state index >= 15 is 0 Å². The van der Waals surface area contributed by atoms with Crippen LogP contribution in [-0.2, 0) is 4.79 Å². The summed E-state index contributed by atoms with van der Waals surface area (Å²) in [4.78, 5) is 18.3. The van der Waals surface area contributed by atoms with Crippen molar-refractivity contribution in [3.05, 3.63) is 24.3 Å². The highest BCUT2D eigenvalue weighted by molar-refractivity contribution is 6.10. The molecule has 0 spiro atoms. The molecule has 1 aromatic rings. The van der Waals surface area contributed by atoms with Gasteiger partial charge in [0, 0.05) is 12.3 Å². The maximum Gasteiger partial charge on any atom is 0.232 e. The fourth-order valence-corrected chi connectivity index (χ4v) is 1.95. The molecule has 1 aromatic carbocycles. The van der Waals surface area contributed by atoms with E-state index in [1.807, 2.05) is 36.1 Å². The van der Waals surface area contributed by atoms with Gasteiger partial charge in [0.15, 0.2) is 0 Å². The highest BCUT2D eigenvalue weighted by atomic mass is 16.2. The summed E-state index contributed by atoms with van der Waals surface area (Å²) in [5.74, 6) is 0.146. The summed E-state index contributed by atoms with van der Waals surface area (Å²) in [7, 11) is 0. The third-order valence-electron chi connectivity index (χ3n) is 2.64. The molecule has 2 rings (SSSR count). The van der Waals surface area contributed by atoms with E-state index < -0.39 is 0 Å². The third-order valence-corrected chi connectivity index (χ3v) is 2.64. The van der Waals surface area contributed by atoms with Gasteiger partial charge in [0.05, 0.1) is 17.8 Å². The molecule has 3 nitrogen and oxygen atoms in total. The van der Waals surface area contributed by atoms with Gasteiger partial charge in [-0.05, 0) is 25.5 Å². The molecule has 0 aromatic heterocycles. The number of carbonyl (C=O) groups excluding carboxylic acids is 1. The molecule has 0 unspecified atom stereocenters. The Morgan fingerprint density at radius 1 is 1.38 bits per heavy atom. The predicted molar refractivity (Wildman–Crippen MR) is 66.5 cm³/mol. The van der Waals surface area contributed by atoms with Crippen molar-refractivity contribution in [1.29, 1.82) is 0 Å². The van der Waals surface area contributed by atoms with Crippen LogP contribution in [0.1, 0.15) is 26.7 Å². The van der Waals surface area contributed by atoms with E-state index in [9.17, 15) is 4.79 Å². The number of benzene rings is 1. The SMILES string of the molecule is CCCN1C(=O)CC(C)=Nc2ccccc21. The number of hydrogen-bond donors (Lipinski definition) is 0. The van der Waals surface area contributed by atoms with Gasteiger partial charge in [0.25, 0.3) is 0 Å². The van der Waals surface area contributed by atoms with Crippen molar-refractivity contribution in [2.24, 2.45) is 4.99 Å². The molecule has 0 bridgehead atoms. The maximum atomic E-state index is 12.0. The Morgan fingerprint density at radius 2 is 2.12 bits per heavy atom. The summed E-state index contributed by atoms with van der Waals surface area (Å²) < 4.78 is 0. The Kier molecular flexibility index (Phi) is 3.04. The topological polar surface area (TPSA) is 32.7 Å². The summed E-state index contributed by atoms with van der Waals surface area (Å²) in [6.45, 7) is 4.75. The van der Waals surface area contributed by atoms with Crippen LogP contribution in [0.25, 0.3) is 0 Å². The molecule has 16 heavy (non-hydrogen) atoms. The monoisotopic (exact) mass is 216 g/mol. The summed E-state index contributed by atoms with van der Waals surface area (Å²) in [5.41, 5.74) is 2.72. The van der Waals surface area contributed by atoms with Gasteiger partial charge >= 0.3 is 0 Å². The molecule has 0 fully saturated rings. The van der Waals surface area contributed by atoms with Crippen LogP contribution in [0, 0.1) is 0 Å². The van der Waals surface area contributed by atoms with Crippen LogP contribution in [0.4, 0.5) is 11.4 Å². The molecule has 0 aliphatic carbocycles. The lowest BCUT2D eigenvalue weighted by molar-refractivity contribution is -0.117. The van der Waals surface area contributed by atoms with Crippen molar-refractivity contribution < 1.29 is 4.79 Å². The Morgan fingerprint density at radius 3 is 2.88 bits per heavy atom. The molecule has 0 saturated heterocycles. The van der Waals surface area contributed by atoms with E-state index in [1.165, 1.54) is 0 Å². The average Bonchev–Trinajstić information content (AvgIpc) is 2.37. The highest BCUT2D eigenvalue weighted by Crippen LogP contribution is 2.31. The zero-order chi connectivity index (χ0) is 11.5. The Balaban J connectivity index is 2.48. The fraction of sp³-hybridized carbons (Fsp3) is 0.385. The van der Waals surface area contributed by atoms with Crippen molar-refractivity contribution in [2.75, 3.05) is 11.4 Å². The minimum atomic E-state index is 0.146. The van der Waals surface area contributed by atoms with Gasteiger partial charge in [-0.25, -0.2) is 0 Å². The fourth-order valence-electron chi connectivity index (χ4n) is 1.95. The van der Waals surface area contributed by atoms with Gasteiger partial charge in [-0.3, -0.25) is 9.79 Å². The first-order valence-electron chi connectivity index (χ1n) is 5.66. The van der Waals surface area contributed by atoms with Gasteiger partial charge in [-0.15, -0.1) is 0 Å². The number of para-hydroxylation sites is 2. The van der Waals surface area contributed by atoms with E-state index in [1.54, 1.807) is 0 Å². The molecule has 0 radical (unpaired) electrons. The van der Waals surface area contributed by atoms with Crippen LogP contribution in [-0.4, -0.2) is 18.2 Å². The number of carbonyl (C=O) groups is 1. The minimum absolute atomic E-state index is 0.146. The second kappa shape index (κ2) is 4.47.